The van der Waals surface area contributed by atoms with Gasteiger partial charge in [0, 0.05) is 62.9 Å². The zero-order valence-electron chi connectivity index (χ0n) is 14.1. The third kappa shape index (κ3) is 3.19. The third-order valence-corrected chi connectivity index (χ3v) is 4.82. The summed E-state index contributed by atoms with van der Waals surface area (Å²) in [6.07, 6.45) is 4.77. The second kappa shape index (κ2) is 6.73. The minimum Gasteiger partial charge on any atom is -0.381 e. The van der Waals surface area contributed by atoms with E-state index in [4.69, 9.17) is 4.74 Å². The van der Waals surface area contributed by atoms with Crippen LogP contribution in [0.15, 0.2) is 30.6 Å². The van der Waals surface area contributed by atoms with Crippen LogP contribution in [0.5, 0.6) is 0 Å². The van der Waals surface area contributed by atoms with E-state index < -0.39 is 0 Å². The lowest BCUT2D eigenvalue weighted by Crippen LogP contribution is -2.47. The van der Waals surface area contributed by atoms with E-state index in [9.17, 15) is 0 Å². The minimum atomic E-state index is 0.420. The molecule has 4 rings (SSSR count). The standard InChI is InChI=1S/C18H23N5O/c1-14-20-17(15-4-11-24-13-15)12-18(21-14)23-9-7-22(8-10-23)16-2-5-19-6-3-16/h2-3,5-6,12,15H,4,7-11,13H2,1H3/t15-/m0/s1. The Hall–Kier alpha value is -2.21. The maximum Gasteiger partial charge on any atom is 0.132 e. The second-order valence-corrected chi connectivity index (χ2v) is 6.44. The minimum absolute atomic E-state index is 0.420. The van der Waals surface area contributed by atoms with Gasteiger partial charge in [-0.2, -0.15) is 0 Å². The summed E-state index contributed by atoms with van der Waals surface area (Å²) >= 11 is 0. The van der Waals surface area contributed by atoms with Crippen molar-refractivity contribution in [1.82, 2.24) is 15.0 Å². The van der Waals surface area contributed by atoms with Crippen LogP contribution in [0.1, 0.15) is 23.9 Å². The zero-order valence-corrected chi connectivity index (χ0v) is 14.1. The molecule has 6 nitrogen and oxygen atoms in total. The molecule has 1 atom stereocenters. The smallest absolute Gasteiger partial charge is 0.132 e. The van der Waals surface area contributed by atoms with E-state index in [0.29, 0.717) is 5.92 Å². The number of pyridine rings is 1. The number of hydrogen-bond acceptors (Lipinski definition) is 6. The lowest BCUT2D eigenvalue weighted by molar-refractivity contribution is 0.193. The Balaban J connectivity index is 1.47. The Morgan fingerprint density at radius 1 is 1.04 bits per heavy atom. The topological polar surface area (TPSA) is 54.4 Å². The van der Waals surface area contributed by atoms with E-state index in [-0.39, 0.29) is 0 Å². The summed E-state index contributed by atoms with van der Waals surface area (Å²) in [7, 11) is 0. The monoisotopic (exact) mass is 325 g/mol. The molecule has 0 N–H and O–H groups in total. The predicted molar refractivity (Wildman–Crippen MR) is 93.6 cm³/mol. The van der Waals surface area contributed by atoms with Crippen LogP contribution in [-0.2, 0) is 4.74 Å². The van der Waals surface area contributed by atoms with Gasteiger partial charge in [-0.1, -0.05) is 0 Å². The number of piperazine rings is 1. The van der Waals surface area contributed by atoms with Crippen LogP contribution in [0.25, 0.3) is 0 Å². The van der Waals surface area contributed by atoms with Gasteiger partial charge >= 0.3 is 0 Å². The third-order valence-electron chi connectivity index (χ3n) is 4.82. The molecule has 6 heteroatoms. The molecule has 2 aromatic rings. The summed E-state index contributed by atoms with van der Waals surface area (Å²) in [5.41, 5.74) is 2.37. The fourth-order valence-electron chi connectivity index (χ4n) is 3.46. The first-order valence-electron chi connectivity index (χ1n) is 8.63. The molecule has 2 saturated heterocycles. The summed E-state index contributed by atoms with van der Waals surface area (Å²) in [4.78, 5) is 18.2. The number of ether oxygens (including phenoxy) is 1. The van der Waals surface area contributed by atoms with E-state index in [1.54, 1.807) is 0 Å². The average molecular weight is 325 g/mol. The fraction of sp³-hybridized carbons (Fsp3) is 0.500. The normalized spacial score (nSPS) is 21.3. The molecule has 2 aliphatic heterocycles. The van der Waals surface area contributed by atoms with Gasteiger partial charge < -0.3 is 14.5 Å². The zero-order chi connectivity index (χ0) is 16.4. The van der Waals surface area contributed by atoms with E-state index >= 15 is 0 Å². The Kier molecular flexibility index (Phi) is 4.30. The molecule has 2 aliphatic rings. The molecule has 0 unspecified atom stereocenters. The maximum absolute atomic E-state index is 5.51. The van der Waals surface area contributed by atoms with Crippen LogP contribution in [0, 0.1) is 6.92 Å². The quantitative estimate of drug-likeness (QED) is 0.860. The molecule has 0 bridgehead atoms. The first kappa shape index (κ1) is 15.3. The Morgan fingerprint density at radius 2 is 1.79 bits per heavy atom. The van der Waals surface area contributed by atoms with Crippen molar-refractivity contribution in [3.8, 4) is 0 Å². The van der Waals surface area contributed by atoms with Gasteiger partial charge in [0.05, 0.1) is 12.3 Å². The molecule has 0 amide bonds. The first-order chi connectivity index (χ1) is 11.8. The highest BCUT2D eigenvalue weighted by Gasteiger charge is 2.23. The van der Waals surface area contributed by atoms with Gasteiger partial charge in [-0.25, -0.2) is 9.97 Å². The van der Waals surface area contributed by atoms with E-state index in [1.165, 1.54) is 5.69 Å². The van der Waals surface area contributed by atoms with E-state index in [1.807, 2.05) is 19.3 Å². The van der Waals surface area contributed by atoms with Crippen molar-refractivity contribution >= 4 is 11.5 Å². The predicted octanol–water partition coefficient (Wildman–Crippen LogP) is 2.01. The lowest BCUT2D eigenvalue weighted by Gasteiger charge is -2.36. The molecule has 0 spiro atoms. The van der Waals surface area contributed by atoms with Gasteiger partial charge in [0.15, 0.2) is 0 Å². The Labute approximate surface area is 142 Å². The number of anilines is 2. The van der Waals surface area contributed by atoms with Crippen LogP contribution in [0.3, 0.4) is 0 Å². The molecule has 0 aromatic carbocycles. The van der Waals surface area contributed by atoms with Gasteiger partial charge in [0.25, 0.3) is 0 Å². The van der Waals surface area contributed by atoms with E-state index in [0.717, 1.165) is 63.1 Å². The van der Waals surface area contributed by atoms with Gasteiger partial charge in [0.1, 0.15) is 11.6 Å². The number of nitrogens with zero attached hydrogens (tertiary/aromatic N) is 5. The summed E-state index contributed by atoms with van der Waals surface area (Å²) in [5.74, 6) is 2.33. The number of aryl methyl sites for hydroxylation is 1. The van der Waals surface area contributed by atoms with Crippen LogP contribution >= 0.6 is 0 Å². The summed E-state index contributed by atoms with van der Waals surface area (Å²) in [6.45, 7) is 7.54. The highest BCUT2D eigenvalue weighted by Crippen LogP contribution is 2.27. The molecule has 2 aromatic heterocycles. The summed E-state index contributed by atoms with van der Waals surface area (Å²) in [5, 5.41) is 0. The summed E-state index contributed by atoms with van der Waals surface area (Å²) < 4.78 is 5.51. The maximum atomic E-state index is 5.51. The SMILES string of the molecule is Cc1nc([C@H]2CCOC2)cc(N2CCN(c3ccncc3)CC2)n1. The Morgan fingerprint density at radius 3 is 2.50 bits per heavy atom. The van der Waals surface area contributed by atoms with Crippen molar-refractivity contribution in [2.24, 2.45) is 0 Å². The van der Waals surface area contributed by atoms with Crippen molar-refractivity contribution in [2.45, 2.75) is 19.3 Å². The van der Waals surface area contributed by atoms with Gasteiger partial charge in [0.2, 0.25) is 0 Å². The lowest BCUT2D eigenvalue weighted by atomic mass is 10.0. The molecule has 126 valence electrons. The van der Waals surface area contributed by atoms with Crippen LogP contribution in [0.2, 0.25) is 0 Å². The van der Waals surface area contributed by atoms with Crippen molar-refractivity contribution in [3.63, 3.8) is 0 Å². The highest BCUT2D eigenvalue weighted by atomic mass is 16.5. The van der Waals surface area contributed by atoms with Crippen LogP contribution in [0.4, 0.5) is 11.5 Å². The van der Waals surface area contributed by atoms with Crippen molar-refractivity contribution < 1.29 is 4.74 Å². The highest BCUT2D eigenvalue weighted by molar-refractivity contribution is 5.48. The molecule has 0 aliphatic carbocycles. The fourth-order valence-corrected chi connectivity index (χ4v) is 3.46. The number of rotatable bonds is 3. The van der Waals surface area contributed by atoms with Gasteiger partial charge in [-0.15, -0.1) is 0 Å². The molecule has 0 radical (unpaired) electrons. The molecule has 4 heterocycles. The van der Waals surface area contributed by atoms with Crippen molar-refractivity contribution in [3.05, 3.63) is 42.1 Å². The molecule has 24 heavy (non-hydrogen) atoms. The number of hydrogen-bond donors (Lipinski definition) is 0. The van der Waals surface area contributed by atoms with Gasteiger partial charge in [-0.3, -0.25) is 4.98 Å². The molecule has 0 saturated carbocycles. The van der Waals surface area contributed by atoms with Crippen molar-refractivity contribution in [2.75, 3.05) is 49.2 Å². The van der Waals surface area contributed by atoms with Gasteiger partial charge in [-0.05, 0) is 25.5 Å². The van der Waals surface area contributed by atoms with Crippen LogP contribution in [-0.4, -0.2) is 54.3 Å². The average Bonchev–Trinajstić information content (AvgIpc) is 3.17. The molecular formula is C18H23N5O. The number of aromatic nitrogens is 3. The molecule has 2 fully saturated rings. The first-order valence-corrected chi connectivity index (χ1v) is 8.63. The summed E-state index contributed by atoms with van der Waals surface area (Å²) in [6, 6.07) is 6.31. The van der Waals surface area contributed by atoms with E-state index in [2.05, 4.69) is 43.0 Å². The molecular weight excluding hydrogens is 302 g/mol. The second-order valence-electron chi connectivity index (χ2n) is 6.44. The van der Waals surface area contributed by atoms with Crippen LogP contribution < -0.4 is 9.80 Å². The Bertz CT molecular complexity index is 679. The largest absolute Gasteiger partial charge is 0.381 e. The van der Waals surface area contributed by atoms with Crippen molar-refractivity contribution in [1.29, 1.82) is 0 Å².